The lowest BCUT2D eigenvalue weighted by atomic mass is 10.1. The second-order valence-corrected chi connectivity index (χ2v) is 6.72. The Labute approximate surface area is 152 Å². The first-order chi connectivity index (χ1) is 12.7. The van der Waals surface area contributed by atoms with Crippen molar-refractivity contribution in [1.82, 2.24) is 19.6 Å². The largest absolute Gasteiger partial charge is 0.391 e. The molecule has 0 aromatic carbocycles. The topological polar surface area (TPSA) is 78.6 Å². The van der Waals surface area contributed by atoms with Crippen LogP contribution in [0, 0.1) is 0 Å². The van der Waals surface area contributed by atoms with E-state index in [1.165, 1.54) is 0 Å². The zero-order valence-corrected chi connectivity index (χ0v) is 15.0. The van der Waals surface area contributed by atoms with Gasteiger partial charge in [-0.25, -0.2) is 4.98 Å². The molecular formula is C19H24N6O. The lowest BCUT2D eigenvalue weighted by Gasteiger charge is -2.31. The SMILES string of the molecule is CCc1cnn2c(NCc3cccnc3)cc(N3CCCC(O)C3)nc12. The first-order valence-electron chi connectivity index (χ1n) is 9.18. The number of aliphatic hydroxyl groups is 1. The molecule has 1 atom stereocenters. The monoisotopic (exact) mass is 352 g/mol. The Morgan fingerprint density at radius 3 is 3.04 bits per heavy atom. The standard InChI is InChI=1S/C19H24N6O/c1-2-15-12-22-25-17(21-11-14-5-3-7-20-10-14)9-18(23-19(15)25)24-8-4-6-16(26)13-24/h3,5,7,9-10,12,16,21,26H,2,4,6,8,11,13H2,1H3. The highest BCUT2D eigenvalue weighted by Crippen LogP contribution is 2.25. The highest BCUT2D eigenvalue weighted by atomic mass is 16.3. The molecule has 7 heteroatoms. The van der Waals surface area contributed by atoms with Gasteiger partial charge in [-0.15, -0.1) is 0 Å². The molecule has 0 saturated carbocycles. The zero-order valence-electron chi connectivity index (χ0n) is 15.0. The van der Waals surface area contributed by atoms with Gasteiger partial charge in [0.2, 0.25) is 0 Å². The van der Waals surface area contributed by atoms with E-state index in [0.29, 0.717) is 13.1 Å². The average Bonchev–Trinajstić information content (AvgIpc) is 3.10. The second-order valence-electron chi connectivity index (χ2n) is 6.72. The molecule has 0 spiro atoms. The normalized spacial score (nSPS) is 17.6. The number of aryl methyl sites for hydroxylation is 1. The summed E-state index contributed by atoms with van der Waals surface area (Å²) >= 11 is 0. The van der Waals surface area contributed by atoms with Crippen molar-refractivity contribution in [3.05, 3.63) is 47.9 Å². The third-order valence-corrected chi connectivity index (χ3v) is 4.83. The third-order valence-electron chi connectivity index (χ3n) is 4.83. The molecule has 1 aliphatic rings. The molecule has 2 N–H and O–H groups in total. The first kappa shape index (κ1) is 16.8. The summed E-state index contributed by atoms with van der Waals surface area (Å²) in [7, 11) is 0. The van der Waals surface area contributed by atoms with Gasteiger partial charge in [0.15, 0.2) is 5.65 Å². The van der Waals surface area contributed by atoms with Crippen molar-refractivity contribution in [3.8, 4) is 0 Å². The van der Waals surface area contributed by atoms with E-state index in [2.05, 4.69) is 27.2 Å². The predicted molar refractivity (Wildman–Crippen MR) is 101 cm³/mol. The van der Waals surface area contributed by atoms with Crippen molar-refractivity contribution in [1.29, 1.82) is 0 Å². The molecule has 0 radical (unpaired) electrons. The van der Waals surface area contributed by atoms with Gasteiger partial charge in [-0.1, -0.05) is 13.0 Å². The Morgan fingerprint density at radius 1 is 1.35 bits per heavy atom. The minimum absolute atomic E-state index is 0.288. The van der Waals surface area contributed by atoms with Crippen LogP contribution in [0.3, 0.4) is 0 Å². The molecule has 7 nitrogen and oxygen atoms in total. The maximum absolute atomic E-state index is 10.0. The zero-order chi connectivity index (χ0) is 17.9. The second kappa shape index (κ2) is 7.29. The highest BCUT2D eigenvalue weighted by Gasteiger charge is 2.21. The van der Waals surface area contributed by atoms with Gasteiger partial charge >= 0.3 is 0 Å². The molecule has 1 aliphatic heterocycles. The van der Waals surface area contributed by atoms with Crippen molar-refractivity contribution in [2.75, 3.05) is 23.3 Å². The summed E-state index contributed by atoms with van der Waals surface area (Å²) in [5, 5.41) is 18.0. The summed E-state index contributed by atoms with van der Waals surface area (Å²) < 4.78 is 1.86. The summed E-state index contributed by atoms with van der Waals surface area (Å²) in [4.78, 5) is 11.2. The lowest BCUT2D eigenvalue weighted by Crippen LogP contribution is -2.38. The Bertz CT molecular complexity index is 878. The Balaban J connectivity index is 1.69. The van der Waals surface area contributed by atoms with Gasteiger partial charge in [0.1, 0.15) is 11.6 Å². The minimum atomic E-state index is -0.288. The van der Waals surface area contributed by atoms with Gasteiger partial charge in [-0.3, -0.25) is 4.98 Å². The highest BCUT2D eigenvalue weighted by molar-refractivity contribution is 5.61. The molecule has 4 heterocycles. The molecule has 0 aliphatic carbocycles. The number of hydrogen-bond donors (Lipinski definition) is 2. The van der Waals surface area contributed by atoms with Crippen molar-refractivity contribution in [2.45, 2.75) is 38.8 Å². The first-order valence-corrected chi connectivity index (χ1v) is 9.18. The fourth-order valence-electron chi connectivity index (χ4n) is 3.39. The number of fused-ring (bicyclic) bond motifs is 1. The molecule has 3 aromatic rings. The number of rotatable bonds is 5. The van der Waals surface area contributed by atoms with Crippen molar-refractivity contribution in [2.24, 2.45) is 0 Å². The molecule has 1 unspecified atom stereocenters. The van der Waals surface area contributed by atoms with E-state index in [1.807, 2.05) is 35.1 Å². The molecule has 3 aromatic heterocycles. The van der Waals surface area contributed by atoms with Crippen molar-refractivity contribution >= 4 is 17.3 Å². The quantitative estimate of drug-likeness (QED) is 0.733. The predicted octanol–water partition coefficient (Wildman–Crippen LogP) is 2.26. The fourth-order valence-corrected chi connectivity index (χ4v) is 3.39. The Kier molecular flexibility index (Phi) is 4.71. The number of aliphatic hydroxyl groups excluding tert-OH is 1. The summed E-state index contributed by atoms with van der Waals surface area (Å²) in [5.41, 5.74) is 3.10. The van der Waals surface area contributed by atoms with Crippen LogP contribution < -0.4 is 10.2 Å². The number of nitrogens with zero attached hydrogens (tertiary/aromatic N) is 5. The minimum Gasteiger partial charge on any atom is -0.391 e. The van der Waals surface area contributed by atoms with E-state index in [-0.39, 0.29) is 6.10 Å². The number of anilines is 2. The molecule has 0 amide bonds. The maximum Gasteiger partial charge on any atom is 0.162 e. The molecule has 26 heavy (non-hydrogen) atoms. The van der Waals surface area contributed by atoms with Crippen LogP contribution in [0.2, 0.25) is 0 Å². The van der Waals surface area contributed by atoms with E-state index >= 15 is 0 Å². The van der Waals surface area contributed by atoms with Crippen LogP contribution in [0.4, 0.5) is 11.6 Å². The van der Waals surface area contributed by atoms with Gasteiger partial charge in [0, 0.05) is 43.7 Å². The molecule has 4 rings (SSSR count). The third kappa shape index (κ3) is 3.35. The number of pyridine rings is 1. The molecule has 136 valence electrons. The Hall–Kier alpha value is -2.67. The number of hydrogen-bond acceptors (Lipinski definition) is 6. The molecule has 1 saturated heterocycles. The van der Waals surface area contributed by atoms with E-state index < -0.39 is 0 Å². The van der Waals surface area contributed by atoms with Gasteiger partial charge in [-0.2, -0.15) is 9.61 Å². The van der Waals surface area contributed by atoms with E-state index in [9.17, 15) is 5.11 Å². The molecule has 0 bridgehead atoms. The number of β-amino-alcohol motifs (C(OH)–C–C–N with tert-alkyl or cyclic N) is 1. The van der Waals surface area contributed by atoms with Gasteiger partial charge in [0.05, 0.1) is 12.3 Å². The smallest absolute Gasteiger partial charge is 0.162 e. The van der Waals surface area contributed by atoms with Crippen LogP contribution in [-0.4, -0.2) is 43.9 Å². The summed E-state index contributed by atoms with van der Waals surface area (Å²) in [6.45, 7) is 4.31. The van der Waals surface area contributed by atoms with Crippen LogP contribution in [0.15, 0.2) is 36.8 Å². The summed E-state index contributed by atoms with van der Waals surface area (Å²) in [6.07, 6.45) is 7.94. The number of piperidine rings is 1. The van der Waals surface area contributed by atoms with Crippen LogP contribution >= 0.6 is 0 Å². The lowest BCUT2D eigenvalue weighted by molar-refractivity contribution is 0.154. The summed E-state index contributed by atoms with van der Waals surface area (Å²) in [6, 6.07) is 6.00. The van der Waals surface area contributed by atoms with Crippen LogP contribution in [0.5, 0.6) is 0 Å². The van der Waals surface area contributed by atoms with Gasteiger partial charge in [-0.05, 0) is 30.9 Å². The van der Waals surface area contributed by atoms with E-state index in [1.54, 1.807) is 6.20 Å². The molecule has 1 fully saturated rings. The average molecular weight is 352 g/mol. The van der Waals surface area contributed by atoms with Crippen LogP contribution in [0.25, 0.3) is 5.65 Å². The van der Waals surface area contributed by atoms with Crippen molar-refractivity contribution < 1.29 is 5.11 Å². The van der Waals surface area contributed by atoms with Crippen LogP contribution in [-0.2, 0) is 13.0 Å². The van der Waals surface area contributed by atoms with Crippen LogP contribution in [0.1, 0.15) is 30.9 Å². The van der Waals surface area contributed by atoms with Gasteiger partial charge in [0.25, 0.3) is 0 Å². The van der Waals surface area contributed by atoms with E-state index in [4.69, 9.17) is 4.98 Å². The van der Waals surface area contributed by atoms with Gasteiger partial charge < -0.3 is 15.3 Å². The maximum atomic E-state index is 10.0. The molecular weight excluding hydrogens is 328 g/mol. The van der Waals surface area contributed by atoms with Crippen molar-refractivity contribution in [3.63, 3.8) is 0 Å². The number of aromatic nitrogens is 4. The Morgan fingerprint density at radius 2 is 2.27 bits per heavy atom. The number of nitrogens with one attached hydrogen (secondary N) is 1. The summed E-state index contributed by atoms with van der Waals surface area (Å²) in [5.74, 6) is 1.79. The fraction of sp³-hybridized carbons (Fsp3) is 0.421. The van der Waals surface area contributed by atoms with E-state index in [0.717, 1.165) is 54.2 Å².